The summed E-state index contributed by atoms with van der Waals surface area (Å²) in [6, 6.07) is 0. The third-order valence-electron chi connectivity index (χ3n) is 1.70. The Bertz CT molecular complexity index is 68.2. The third-order valence-corrected chi connectivity index (χ3v) is 1.70. The molecular formula is C10H21NY-2. The molecule has 1 fully saturated rings. The first-order valence-electron chi connectivity index (χ1n) is 4.71. The molecule has 0 aliphatic carbocycles. The van der Waals surface area contributed by atoms with Crippen LogP contribution in [-0.4, -0.2) is 25.0 Å². The van der Waals surface area contributed by atoms with Crippen molar-refractivity contribution in [2.45, 2.75) is 33.1 Å². The van der Waals surface area contributed by atoms with Gasteiger partial charge in [0.2, 0.25) is 0 Å². The smallest absolute Gasteiger partial charge is 0 e. The van der Waals surface area contributed by atoms with Gasteiger partial charge in [-0.3, -0.25) is 0 Å². The van der Waals surface area contributed by atoms with E-state index in [-0.39, 0.29) is 32.7 Å². The number of nitrogens with zero attached hydrogens (tertiary/aromatic N) is 1. The molecule has 2 heteroatoms. The van der Waals surface area contributed by atoms with Crippen molar-refractivity contribution in [3.05, 3.63) is 12.8 Å². The summed E-state index contributed by atoms with van der Waals surface area (Å²) in [5, 5.41) is 0. The van der Waals surface area contributed by atoms with Crippen LogP contribution in [0, 0.1) is 12.8 Å². The van der Waals surface area contributed by atoms with Crippen LogP contribution in [0.15, 0.2) is 0 Å². The van der Waals surface area contributed by atoms with E-state index in [0.717, 1.165) is 13.1 Å². The molecule has 0 aromatic heterocycles. The van der Waals surface area contributed by atoms with E-state index >= 15 is 0 Å². The molecule has 0 amide bonds. The Labute approximate surface area is 103 Å². The molecule has 1 radical (unpaired) electrons. The Morgan fingerprint density at radius 2 is 1.42 bits per heavy atom. The molecule has 1 nitrogen and oxygen atoms in total. The molecule has 1 aliphatic rings. The Kier molecular flexibility index (Phi) is 15.6. The number of rotatable bonds is 0. The summed E-state index contributed by atoms with van der Waals surface area (Å²) in [6.45, 7) is 6.33. The topological polar surface area (TPSA) is 3.24 Å². The maximum absolute atomic E-state index is 2.37. The second kappa shape index (κ2) is 12.1. The van der Waals surface area contributed by atoms with Crippen LogP contribution in [0.2, 0.25) is 0 Å². The Balaban J connectivity index is 0. The van der Waals surface area contributed by atoms with Gasteiger partial charge in [0.05, 0.1) is 0 Å². The van der Waals surface area contributed by atoms with Crippen LogP contribution in [0.4, 0.5) is 0 Å². The molecule has 0 saturated carbocycles. The van der Waals surface area contributed by atoms with Crippen molar-refractivity contribution in [1.29, 1.82) is 0 Å². The van der Waals surface area contributed by atoms with Crippen molar-refractivity contribution >= 4 is 0 Å². The number of hydrogen-bond acceptors (Lipinski definition) is 1. The normalized spacial score (nSPS) is 19.2. The van der Waals surface area contributed by atoms with Gasteiger partial charge in [-0.1, -0.05) is 13.8 Å². The minimum atomic E-state index is 0. The molecule has 1 saturated heterocycles. The monoisotopic (exact) mass is 244 g/mol. The first kappa shape index (κ1) is 15.5. The zero-order chi connectivity index (χ0) is 8.53. The number of likely N-dealkylation sites (tertiary alicyclic amines) is 1. The minimum absolute atomic E-state index is 0. The zero-order valence-electron chi connectivity index (χ0n) is 8.71. The van der Waals surface area contributed by atoms with Gasteiger partial charge in [-0.25, -0.2) is 0 Å². The van der Waals surface area contributed by atoms with Crippen LogP contribution in [0.3, 0.4) is 0 Å². The summed E-state index contributed by atoms with van der Waals surface area (Å²) >= 11 is 0. The molecule has 1 aliphatic heterocycles. The largest absolute Gasteiger partial charge is 0.365 e. The first-order valence-corrected chi connectivity index (χ1v) is 4.71. The minimum Gasteiger partial charge on any atom is -0.365 e. The standard InChI is InChI=1S/C8H15N.C2H6.Y/c1-9-7-5-3-2-4-6-8-9;1-2;/h5-6H,2-4,7-8H2,1H3;1-2H3;/q-2;;. The fourth-order valence-electron chi connectivity index (χ4n) is 1.10. The predicted octanol–water partition coefficient (Wildman–Crippen LogP) is 2.53. The second-order valence-corrected chi connectivity index (χ2v) is 2.73. The quantitative estimate of drug-likeness (QED) is 0.592. The molecule has 1 heterocycles. The molecule has 0 aromatic carbocycles. The summed E-state index contributed by atoms with van der Waals surface area (Å²) in [7, 11) is 2.16. The summed E-state index contributed by atoms with van der Waals surface area (Å²) in [5.74, 6) is 0. The number of hydrogen-bond donors (Lipinski definition) is 0. The molecular weight excluding hydrogens is 223 g/mol. The predicted molar refractivity (Wildman–Crippen MR) is 51.3 cm³/mol. The first-order chi connectivity index (χ1) is 5.39. The zero-order valence-corrected chi connectivity index (χ0v) is 11.6. The summed E-state index contributed by atoms with van der Waals surface area (Å²) in [5.41, 5.74) is 0. The van der Waals surface area contributed by atoms with Crippen molar-refractivity contribution in [1.82, 2.24) is 4.90 Å². The van der Waals surface area contributed by atoms with Crippen LogP contribution >= 0.6 is 0 Å². The molecule has 0 N–H and O–H groups in total. The molecule has 0 unspecified atom stereocenters. The van der Waals surface area contributed by atoms with Crippen molar-refractivity contribution in [2.24, 2.45) is 0 Å². The van der Waals surface area contributed by atoms with E-state index in [1.165, 1.54) is 19.3 Å². The molecule has 0 spiro atoms. The maximum Gasteiger partial charge on any atom is 0 e. The average molecular weight is 244 g/mol. The summed E-state index contributed by atoms with van der Waals surface area (Å²) in [6.07, 6.45) is 8.68. The van der Waals surface area contributed by atoms with E-state index in [4.69, 9.17) is 0 Å². The van der Waals surface area contributed by atoms with Crippen LogP contribution < -0.4 is 0 Å². The summed E-state index contributed by atoms with van der Waals surface area (Å²) < 4.78 is 0. The average Bonchev–Trinajstić information content (AvgIpc) is 2.01. The molecule has 0 bridgehead atoms. The SMILES string of the molecule is CC.CN1C[CH-]CCC[CH-]C1.[Y]. The second-order valence-electron chi connectivity index (χ2n) is 2.73. The Morgan fingerprint density at radius 1 is 1.00 bits per heavy atom. The van der Waals surface area contributed by atoms with Crippen molar-refractivity contribution in [3.8, 4) is 0 Å². The van der Waals surface area contributed by atoms with Gasteiger partial charge >= 0.3 is 0 Å². The van der Waals surface area contributed by atoms with Crippen LogP contribution in [0.25, 0.3) is 0 Å². The van der Waals surface area contributed by atoms with Gasteiger partial charge in [-0.2, -0.15) is 12.8 Å². The maximum atomic E-state index is 2.37. The van der Waals surface area contributed by atoms with Gasteiger partial charge in [0.25, 0.3) is 0 Å². The van der Waals surface area contributed by atoms with Crippen molar-refractivity contribution in [2.75, 3.05) is 20.1 Å². The molecule has 0 aromatic rings. The van der Waals surface area contributed by atoms with Crippen LogP contribution in [0.1, 0.15) is 33.1 Å². The third kappa shape index (κ3) is 9.15. The van der Waals surface area contributed by atoms with Gasteiger partial charge < -0.3 is 17.7 Å². The molecule has 1 rings (SSSR count). The summed E-state index contributed by atoms with van der Waals surface area (Å²) in [4.78, 5) is 2.33. The van der Waals surface area contributed by atoms with Crippen molar-refractivity contribution < 1.29 is 32.7 Å². The van der Waals surface area contributed by atoms with Gasteiger partial charge in [0, 0.05) is 32.7 Å². The molecule has 0 atom stereocenters. The van der Waals surface area contributed by atoms with E-state index in [1.807, 2.05) is 13.8 Å². The fraction of sp³-hybridized carbons (Fsp3) is 0.800. The van der Waals surface area contributed by atoms with Gasteiger partial charge in [-0.05, 0) is 7.05 Å². The molecule has 12 heavy (non-hydrogen) atoms. The van der Waals surface area contributed by atoms with Gasteiger partial charge in [-0.15, -0.1) is 19.5 Å². The van der Waals surface area contributed by atoms with Gasteiger partial charge in [0.1, 0.15) is 0 Å². The van der Waals surface area contributed by atoms with Crippen LogP contribution in [0.5, 0.6) is 0 Å². The Hall–Kier alpha value is 1.06. The fourth-order valence-corrected chi connectivity index (χ4v) is 1.10. The van der Waals surface area contributed by atoms with E-state index < -0.39 is 0 Å². The van der Waals surface area contributed by atoms with Gasteiger partial charge in [0.15, 0.2) is 0 Å². The van der Waals surface area contributed by atoms with E-state index in [2.05, 4.69) is 24.8 Å². The van der Waals surface area contributed by atoms with E-state index in [1.54, 1.807) is 0 Å². The van der Waals surface area contributed by atoms with Crippen molar-refractivity contribution in [3.63, 3.8) is 0 Å². The van der Waals surface area contributed by atoms with Crippen LogP contribution in [-0.2, 0) is 32.7 Å². The van der Waals surface area contributed by atoms with E-state index in [9.17, 15) is 0 Å². The van der Waals surface area contributed by atoms with E-state index in [0.29, 0.717) is 0 Å². The Morgan fingerprint density at radius 3 is 1.83 bits per heavy atom. The molecule has 71 valence electrons.